The number of halogens is 3. The van der Waals surface area contributed by atoms with Crippen LogP contribution in [0.3, 0.4) is 0 Å². The molecule has 1 aliphatic rings. The van der Waals surface area contributed by atoms with E-state index >= 15 is 0 Å². The van der Waals surface area contributed by atoms with Crippen molar-refractivity contribution in [2.45, 2.75) is 24.4 Å². The number of hydrogen-bond acceptors (Lipinski definition) is 7. The zero-order valence-corrected chi connectivity index (χ0v) is 15.6. The Morgan fingerprint density at radius 3 is 2.04 bits per heavy atom. The minimum Gasteiger partial charge on any atom is -0.310 e. The molecule has 0 fully saturated rings. The smallest absolute Gasteiger partial charge is 0.310 e. The topological polar surface area (TPSA) is 107 Å². The summed E-state index contributed by atoms with van der Waals surface area (Å²) in [4.78, 5) is 25.2. The third-order valence-electron chi connectivity index (χ3n) is 3.60. The second-order valence-electron chi connectivity index (χ2n) is 5.33. The summed E-state index contributed by atoms with van der Waals surface area (Å²) in [5.41, 5.74) is -8.25. The van der Waals surface area contributed by atoms with Crippen molar-refractivity contribution in [2.75, 3.05) is 13.2 Å². The van der Waals surface area contributed by atoms with Gasteiger partial charge >= 0.3 is 29.6 Å². The molecule has 0 saturated carbocycles. The predicted molar refractivity (Wildman–Crippen MR) is 85.8 cm³/mol. The number of fused-ring (bicyclic) bond motifs is 1. The van der Waals surface area contributed by atoms with Crippen molar-refractivity contribution in [2.24, 2.45) is 0 Å². The van der Waals surface area contributed by atoms with E-state index in [1.807, 2.05) is 0 Å². The lowest BCUT2D eigenvalue weighted by molar-refractivity contribution is -0.131. The van der Waals surface area contributed by atoms with Gasteiger partial charge in [-0.3, -0.25) is 14.5 Å². The van der Waals surface area contributed by atoms with Crippen molar-refractivity contribution in [1.82, 2.24) is 4.90 Å². The summed E-state index contributed by atoms with van der Waals surface area (Å²) in [7, 11) is -7.90. The van der Waals surface area contributed by atoms with Crippen LogP contribution in [0.25, 0.3) is 0 Å². The molecule has 27 heavy (non-hydrogen) atoms. The Kier molecular flexibility index (Phi) is 6.05. The Bertz CT molecular complexity index is 839. The van der Waals surface area contributed by atoms with Crippen LogP contribution < -0.4 is 0 Å². The Labute approximate surface area is 153 Å². The molecular weight excluding hydrogens is 414 g/mol. The largest absolute Gasteiger partial charge is 0.523 e. The highest BCUT2D eigenvalue weighted by atomic mass is 32.2. The van der Waals surface area contributed by atoms with Crippen molar-refractivity contribution in [3.63, 3.8) is 0 Å². The van der Waals surface area contributed by atoms with Crippen LogP contribution in [0, 0.1) is 0 Å². The maximum Gasteiger partial charge on any atom is 0.523 e. The van der Waals surface area contributed by atoms with Gasteiger partial charge in [0.2, 0.25) is 0 Å². The van der Waals surface area contributed by atoms with Crippen molar-refractivity contribution < 1.29 is 44.7 Å². The molecule has 0 spiro atoms. The van der Waals surface area contributed by atoms with Gasteiger partial charge in [0, 0.05) is 6.54 Å². The molecule has 13 heteroatoms. The molecule has 0 aliphatic carbocycles. The van der Waals surface area contributed by atoms with E-state index in [9.17, 15) is 35.7 Å². The van der Waals surface area contributed by atoms with Gasteiger partial charge in [0.05, 0.1) is 24.2 Å². The molecular formula is C14H14F3NO7PS+. The van der Waals surface area contributed by atoms with E-state index in [0.717, 1.165) is 0 Å². The lowest BCUT2D eigenvalue weighted by Crippen LogP contribution is -2.42. The summed E-state index contributed by atoms with van der Waals surface area (Å²) in [5, 5.41) is 0. The van der Waals surface area contributed by atoms with E-state index in [0.29, 0.717) is 4.90 Å². The Morgan fingerprint density at radius 1 is 1.11 bits per heavy atom. The summed E-state index contributed by atoms with van der Waals surface area (Å²) in [6.45, 7) is 0.431. The van der Waals surface area contributed by atoms with Crippen molar-refractivity contribution in [3.05, 3.63) is 35.4 Å². The van der Waals surface area contributed by atoms with E-state index in [-0.39, 0.29) is 17.7 Å². The van der Waals surface area contributed by atoms with Gasteiger partial charge in [-0.05, 0) is 19.1 Å². The van der Waals surface area contributed by atoms with Gasteiger partial charge in [-0.15, -0.1) is 0 Å². The molecule has 1 heterocycles. The quantitative estimate of drug-likeness (QED) is 0.206. The fraction of sp³-hybridized carbons (Fsp3) is 0.429. The summed E-state index contributed by atoms with van der Waals surface area (Å²) in [5.74, 6) is -1.43. The SMILES string of the molecule is CCOC(CCN1C(=O)c2ccccc2C1=O)(OS(=O)(=O)C(F)(F)F)[PH+]=O. The molecule has 0 aromatic heterocycles. The van der Waals surface area contributed by atoms with E-state index in [1.165, 1.54) is 31.2 Å². The number of alkyl halides is 3. The van der Waals surface area contributed by atoms with Gasteiger partial charge < -0.3 is 4.74 Å². The standard InChI is InChI=1S/C14H13F3NO7PS/c1-2-24-13(26-21,25-27(22,23)14(15,16)17)7-8-18-11(19)9-5-3-4-6-10(9)12(18)20/h3-6H,2,7-8H2,1H3/p+1. The number of rotatable bonds is 8. The fourth-order valence-electron chi connectivity index (χ4n) is 2.39. The molecule has 1 aliphatic heterocycles. The van der Waals surface area contributed by atoms with Crippen LogP contribution in [0.4, 0.5) is 13.2 Å². The predicted octanol–water partition coefficient (Wildman–Crippen LogP) is 2.25. The molecule has 0 bridgehead atoms. The fourth-order valence-corrected chi connectivity index (χ4v) is 3.86. The van der Waals surface area contributed by atoms with Crippen LogP contribution in [0.15, 0.2) is 24.3 Å². The minimum atomic E-state index is -6.12. The molecule has 2 amide bonds. The van der Waals surface area contributed by atoms with E-state index in [2.05, 4.69) is 4.18 Å². The van der Waals surface area contributed by atoms with Gasteiger partial charge in [0.1, 0.15) is 0 Å². The van der Waals surface area contributed by atoms with Crippen molar-refractivity contribution in [1.29, 1.82) is 0 Å². The molecule has 2 atom stereocenters. The van der Waals surface area contributed by atoms with Gasteiger partial charge in [0.25, 0.3) is 11.8 Å². The van der Waals surface area contributed by atoms with Gasteiger partial charge in [-0.1, -0.05) is 16.7 Å². The number of benzene rings is 1. The van der Waals surface area contributed by atoms with E-state index < -0.39 is 54.4 Å². The average molecular weight is 428 g/mol. The summed E-state index contributed by atoms with van der Waals surface area (Å²) >= 11 is 0. The highest BCUT2D eigenvalue weighted by Crippen LogP contribution is 2.38. The van der Waals surface area contributed by atoms with Crippen molar-refractivity contribution in [3.8, 4) is 0 Å². The van der Waals surface area contributed by atoms with Crippen LogP contribution in [0.5, 0.6) is 0 Å². The van der Waals surface area contributed by atoms with Crippen LogP contribution in [0.2, 0.25) is 0 Å². The van der Waals surface area contributed by atoms with Crippen LogP contribution >= 0.6 is 8.46 Å². The first kappa shape index (κ1) is 21.4. The second-order valence-corrected chi connectivity index (χ2v) is 7.83. The maximum atomic E-state index is 12.6. The van der Waals surface area contributed by atoms with Crippen molar-refractivity contribution >= 4 is 30.4 Å². The Balaban J connectivity index is 2.24. The Morgan fingerprint density at radius 2 is 1.63 bits per heavy atom. The number of imide groups is 1. The number of amides is 2. The van der Waals surface area contributed by atoms with E-state index in [1.54, 1.807) is 0 Å². The van der Waals surface area contributed by atoms with Crippen LogP contribution in [0.1, 0.15) is 34.1 Å². The minimum absolute atomic E-state index is 0.0953. The first-order chi connectivity index (χ1) is 12.5. The van der Waals surface area contributed by atoms with Crippen LogP contribution in [-0.2, 0) is 23.6 Å². The monoisotopic (exact) mass is 428 g/mol. The number of carbonyl (C=O) groups excluding carboxylic acids is 2. The molecule has 0 saturated heterocycles. The third-order valence-corrected chi connectivity index (χ3v) is 5.61. The number of ether oxygens (including phenoxy) is 1. The highest BCUT2D eigenvalue weighted by molar-refractivity contribution is 7.87. The molecule has 2 unspecified atom stereocenters. The van der Waals surface area contributed by atoms with E-state index in [4.69, 9.17) is 4.74 Å². The first-order valence-electron chi connectivity index (χ1n) is 7.48. The lowest BCUT2D eigenvalue weighted by atomic mass is 10.1. The molecule has 1 aromatic carbocycles. The lowest BCUT2D eigenvalue weighted by Gasteiger charge is -2.23. The molecule has 1 aromatic rings. The molecule has 2 rings (SSSR count). The molecule has 0 N–H and O–H groups in total. The molecule has 148 valence electrons. The molecule has 0 radical (unpaired) electrons. The molecule has 8 nitrogen and oxygen atoms in total. The zero-order valence-electron chi connectivity index (χ0n) is 13.8. The average Bonchev–Trinajstić information content (AvgIpc) is 2.83. The van der Waals surface area contributed by atoms with Gasteiger partial charge in [-0.25, -0.2) is 0 Å². The maximum absolute atomic E-state index is 12.6. The normalized spacial score (nSPS) is 17.3. The zero-order chi connectivity index (χ0) is 20.5. The number of hydrogen-bond donors (Lipinski definition) is 0. The van der Waals surface area contributed by atoms with Gasteiger partial charge in [0.15, 0.2) is 0 Å². The third kappa shape index (κ3) is 4.18. The highest BCUT2D eigenvalue weighted by Gasteiger charge is 2.57. The Hall–Kier alpha value is -1.88. The van der Waals surface area contributed by atoms with Crippen LogP contribution in [-0.4, -0.2) is 49.3 Å². The summed E-state index contributed by atoms with van der Waals surface area (Å²) < 4.78 is 80.8. The number of carbonyl (C=O) groups is 2. The van der Waals surface area contributed by atoms with Gasteiger partial charge in [-0.2, -0.15) is 25.8 Å². The first-order valence-corrected chi connectivity index (χ1v) is 9.80. The summed E-state index contributed by atoms with van der Waals surface area (Å²) in [6, 6.07) is 5.84. The number of nitrogens with zero attached hydrogens (tertiary/aromatic N) is 1. The second kappa shape index (κ2) is 7.63. The summed E-state index contributed by atoms with van der Waals surface area (Å²) in [6.07, 6.45) is -0.746.